The van der Waals surface area contributed by atoms with Gasteiger partial charge in [-0.2, -0.15) is 0 Å². The Balaban J connectivity index is 3.08. The van der Waals surface area contributed by atoms with Gasteiger partial charge in [0.05, 0.1) is 14.2 Å². The van der Waals surface area contributed by atoms with E-state index in [0.29, 0.717) is 19.0 Å². The van der Waals surface area contributed by atoms with Crippen LogP contribution in [-0.2, 0) is 11.3 Å². The summed E-state index contributed by atoms with van der Waals surface area (Å²) in [6, 6.07) is 6.10. The van der Waals surface area contributed by atoms with E-state index < -0.39 is 0 Å². The smallest absolute Gasteiger partial charge is 0.223 e. The molecule has 0 atom stereocenters. The van der Waals surface area contributed by atoms with Gasteiger partial charge in [0.2, 0.25) is 5.91 Å². The van der Waals surface area contributed by atoms with E-state index in [9.17, 15) is 4.79 Å². The van der Waals surface area contributed by atoms with Crippen molar-refractivity contribution in [1.29, 1.82) is 0 Å². The molecular formula is C20H33NO3. The highest BCUT2D eigenvalue weighted by atomic mass is 16.5. The van der Waals surface area contributed by atoms with Gasteiger partial charge in [-0.25, -0.2) is 0 Å². The number of amides is 1. The molecule has 0 aliphatic carbocycles. The highest BCUT2D eigenvalue weighted by molar-refractivity contribution is 5.76. The Bertz CT molecular complexity index is 496. The van der Waals surface area contributed by atoms with E-state index in [4.69, 9.17) is 9.47 Å². The number of rotatable bonds is 11. The van der Waals surface area contributed by atoms with Crippen molar-refractivity contribution < 1.29 is 14.3 Å². The predicted molar refractivity (Wildman–Crippen MR) is 98.6 cm³/mol. The first-order valence-corrected chi connectivity index (χ1v) is 9.11. The SMILES string of the molecule is CCCC(=O)N(Cc1ccc(OC)cc1OC)C(CCC)CCC. The Morgan fingerprint density at radius 3 is 2.21 bits per heavy atom. The largest absolute Gasteiger partial charge is 0.497 e. The molecule has 0 aliphatic rings. The van der Waals surface area contributed by atoms with Crippen LogP contribution in [0.25, 0.3) is 0 Å². The van der Waals surface area contributed by atoms with Crippen LogP contribution >= 0.6 is 0 Å². The summed E-state index contributed by atoms with van der Waals surface area (Å²) in [4.78, 5) is 14.8. The number of hydrogen-bond acceptors (Lipinski definition) is 3. The zero-order chi connectivity index (χ0) is 17.9. The molecule has 24 heavy (non-hydrogen) atoms. The van der Waals surface area contributed by atoms with Crippen molar-refractivity contribution in [2.24, 2.45) is 0 Å². The van der Waals surface area contributed by atoms with Crippen molar-refractivity contribution >= 4 is 5.91 Å². The molecule has 0 aliphatic heterocycles. The molecule has 4 heteroatoms. The molecule has 1 aromatic carbocycles. The van der Waals surface area contributed by atoms with Gasteiger partial charge in [0, 0.05) is 30.6 Å². The normalized spacial score (nSPS) is 10.8. The third-order valence-electron chi connectivity index (χ3n) is 4.30. The number of nitrogens with zero attached hydrogens (tertiary/aromatic N) is 1. The van der Waals surface area contributed by atoms with Crippen LogP contribution in [0, 0.1) is 0 Å². The van der Waals surface area contributed by atoms with Crippen LogP contribution in [-0.4, -0.2) is 31.1 Å². The molecule has 4 nitrogen and oxygen atoms in total. The minimum atomic E-state index is 0.238. The number of methoxy groups -OCH3 is 2. The predicted octanol–water partition coefficient (Wildman–Crippen LogP) is 4.80. The Labute approximate surface area is 147 Å². The first-order valence-electron chi connectivity index (χ1n) is 9.11. The number of carbonyl (C=O) groups excluding carboxylic acids is 1. The minimum Gasteiger partial charge on any atom is -0.497 e. The highest BCUT2D eigenvalue weighted by Crippen LogP contribution is 2.28. The van der Waals surface area contributed by atoms with Crippen LogP contribution in [0.15, 0.2) is 18.2 Å². The summed E-state index contributed by atoms with van der Waals surface area (Å²) in [7, 11) is 3.30. The van der Waals surface area contributed by atoms with Crippen molar-refractivity contribution in [1.82, 2.24) is 4.90 Å². The van der Waals surface area contributed by atoms with Gasteiger partial charge in [-0.3, -0.25) is 4.79 Å². The summed E-state index contributed by atoms with van der Waals surface area (Å²) in [5.74, 6) is 1.78. The van der Waals surface area contributed by atoms with Crippen LogP contribution in [0.5, 0.6) is 11.5 Å². The van der Waals surface area contributed by atoms with Crippen LogP contribution in [0.2, 0.25) is 0 Å². The minimum absolute atomic E-state index is 0.238. The van der Waals surface area contributed by atoms with E-state index in [-0.39, 0.29) is 5.91 Å². The van der Waals surface area contributed by atoms with Gasteiger partial charge >= 0.3 is 0 Å². The molecule has 1 aromatic rings. The van der Waals surface area contributed by atoms with Gasteiger partial charge < -0.3 is 14.4 Å². The van der Waals surface area contributed by atoms with Crippen LogP contribution < -0.4 is 9.47 Å². The second kappa shape index (κ2) is 11.0. The first-order chi connectivity index (χ1) is 11.6. The lowest BCUT2D eigenvalue weighted by molar-refractivity contribution is -0.134. The molecular weight excluding hydrogens is 302 g/mol. The van der Waals surface area contributed by atoms with E-state index in [1.165, 1.54) is 0 Å². The lowest BCUT2D eigenvalue weighted by Crippen LogP contribution is -2.39. The molecule has 0 spiro atoms. The summed E-state index contributed by atoms with van der Waals surface area (Å²) in [6.45, 7) is 7.01. The number of hydrogen-bond donors (Lipinski definition) is 0. The maximum absolute atomic E-state index is 12.7. The van der Waals surface area contributed by atoms with Gasteiger partial charge in [-0.15, -0.1) is 0 Å². The molecule has 136 valence electrons. The van der Waals surface area contributed by atoms with E-state index in [1.807, 2.05) is 18.2 Å². The zero-order valence-electron chi connectivity index (χ0n) is 15.9. The maximum atomic E-state index is 12.7. The molecule has 0 saturated carbocycles. The lowest BCUT2D eigenvalue weighted by Gasteiger charge is -2.32. The molecule has 0 radical (unpaired) electrons. The van der Waals surface area contributed by atoms with Gasteiger partial charge in [0.1, 0.15) is 11.5 Å². The fraction of sp³-hybridized carbons (Fsp3) is 0.650. The van der Waals surface area contributed by atoms with Crippen molar-refractivity contribution in [2.75, 3.05) is 14.2 Å². The van der Waals surface area contributed by atoms with Crippen molar-refractivity contribution in [3.8, 4) is 11.5 Å². The Hall–Kier alpha value is -1.71. The molecule has 0 unspecified atom stereocenters. The maximum Gasteiger partial charge on any atom is 0.223 e. The van der Waals surface area contributed by atoms with Crippen LogP contribution in [0.3, 0.4) is 0 Å². The van der Waals surface area contributed by atoms with Crippen LogP contribution in [0.4, 0.5) is 0 Å². The second-order valence-electron chi connectivity index (χ2n) is 6.18. The van der Waals surface area contributed by atoms with Gasteiger partial charge in [-0.05, 0) is 31.4 Å². The number of benzene rings is 1. The van der Waals surface area contributed by atoms with Gasteiger partial charge in [0.15, 0.2) is 0 Å². The summed E-state index contributed by atoms with van der Waals surface area (Å²) < 4.78 is 10.8. The highest BCUT2D eigenvalue weighted by Gasteiger charge is 2.23. The second-order valence-corrected chi connectivity index (χ2v) is 6.18. The molecule has 0 bridgehead atoms. The van der Waals surface area contributed by atoms with Crippen LogP contribution in [0.1, 0.15) is 64.9 Å². The Morgan fingerprint density at radius 2 is 1.71 bits per heavy atom. The van der Waals surface area contributed by atoms with E-state index in [0.717, 1.165) is 49.2 Å². The number of ether oxygens (including phenoxy) is 2. The topological polar surface area (TPSA) is 38.8 Å². The Kier molecular flexibility index (Phi) is 9.28. The molecule has 1 rings (SSSR count). The van der Waals surface area contributed by atoms with E-state index in [1.54, 1.807) is 14.2 Å². The Morgan fingerprint density at radius 1 is 1.04 bits per heavy atom. The average Bonchev–Trinajstić information content (AvgIpc) is 2.59. The molecule has 1 amide bonds. The van der Waals surface area contributed by atoms with Gasteiger partial charge in [-0.1, -0.05) is 33.6 Å². The third-order valence-corrected chi connectivity index (χ3v) is 4.30. The monoisotopic (exact) mass is 335 g/mol. The third kappa shape index (κ3) is 5.73. The molecule has 0 fully saturated rings. The fourth-order valence-electron chi connectivity index (χ4n) is 3.07. The summed E-state index contributed by atoms with van der Waals surface area (Å²) in [5, 5.41) is 0. The quantitative estimate of drug-likeness (QED) is 0.583. The van der Waals surface area contributed by atoms with Crippen molar-refractivity contribution in [2.45, 2.75) is 71.9 Å². The zero-order valence-corrected chi connectivity index (χ0v) is 15.9. The summed E-state index contributed by atoms with van der Waals surface area (Å²) in [5.41, 5.74) is 1.03. The average molecular weight is 335 g/mol. The standard InChI is InChI=1S/C20H33NO3/c1-6-9-17(10-7-2)21(20(22)11-8-3)15-16-12-13-18(23-4)14-19(16)24-5/h12-14,17H,6-11,15H2,1-5H3. The summed E-state index contributed by atoms with van der Waals surface area (Å²) >= 11 is 0. The molecule has 0 aromatic heterocycles. The lowest BCUT2D eigenvalue weighted by atomic mass is 10.0. The fourth-order valence-corrected chi connectivity index (χ4v) is 3.07. The van der Waals surface area contributed by atoms with E-state index >= 15 is 0 Å². The van der Waals surface area contributed by atoms with Crippen molar-refractivity contribution in [3.05, 3.63) is 23.8 Å². The molecule has 0 heterocycles. The van der Waals surface area contributed by atoms with E-state index in [2.05, 4.69) is 25.7 Å². The summed E-state index contributed by atoms with van der Waals surface area (Å²) in [6.07, 6.45) is 5.73. The molecule has 0 saturated heterocycles. The van der Waals surface area contributed by atoms with Crippen molar-refractivity contribution in [3.63, 3.8) is 0 Å². The number of carbonyl (C=O) groups is 1. The van der Waals surface area contributed by atoms with Gasteiger partial charge in [0.25, 0.3) is 0 Å². The first kappa shape index (κ1) is 20.3. The molecule has 0 N–H and O–H groups in total.